The summed E-state index contributed by atoms with van der Waals surface area (Å²) in [6.07, 6.45) is 0. The zero-order chi connectivity index (χ0) is 9.14. The quantitative estimate of drug-likeness (QED) is 0.821. The Kier molecular flexibility index (Phi) is 3.39. The van der Waals surface area contributed by atoms with Gasteiger partial charge in [-0.05, 0) is 41.8 Å². The summed E-state index contributed by atoms with van der Waals surface area (Å²) in [4.78, 5) is 0. The molecule has 1 N–H and O–H groups in total. The Hall–Kier alpha value is -0.230. The van der Waals surface area contributed by atoms with E-state index in [1.165, 1.54) is 12.1 Å². The van der Waals surface area contributed by atoms with Crippen LogP contribution in [0.5, 0.6) is 0 Å². The van der Waals surface area contributed by atoms with Gasteiger partial charge in [-0.3, -0.25) is 0 Å². The summed E-state index contributed by atoms with van der Waals surface area (Å²) in [6, 6.07) is 2.63. The van der Waals surface area contributed by atoms with Crippen molar-refractivity contribution in [3.63, 3.8) is 0 Å². The number of halogens is 3. The Labute approximate surface area is 83.3 Å². The third-order valence-corrected chi connectivity index (χ3v) is 2.08. The van der Waals surface area contributed by atoms with Crippen LogP contribution in [0.1, 0.15) is 5.56 Å². The smallest absolute Gasteiger partial charge is 0.131 e. The summed E-state index contributed by atoms with van der Waals surface area (Å²) in [5.41, 5.74) is 0.0953. The minimum atomic E-state index is -0.492. The van der Waals surface area contributed by atoms with Gasteiger partial charge in [0.05, 0.1) is 0 Å². The Balaban J connectivity index is 3.10. The van der Waals surface area contributed by atoms with Crippen LogP contribution in [0, 0.1) is 15.2 Å². The van der Waals surface area contributed by atoms with Crippen LogP contribution in [0.25, 0.3) is 0 Å². The van der Waals surface area contributed by atoms with E-state index in [1.807, 2.05) is 22.6 Å². The molecule has 66 valence electrons. The molecule has 0 saturated carbocycles. The van der Waals surface area contributed by atoms with Gasteiger partial charge in [0, 0.05) is 15.7 Å². The number of rotatable bonds is 2. The van der Waals surface area contributed by atoms with Crippen LogP contribution in [-0.4, -0.2) is 7.05 Å². The van der Waals surface area contributed by atoms with Gasteiger partial charge < -0.3 is 5.32 Å². The van der Waals surface area contributed by atoms with Gasteiger partial charge in [0.2, 0.25) is 0 Å². The highest BCUT2D eigenvalue weighted by atomic mass is 127. The molecule has 0 aliphatic carbocycles. The van der Waals surface area contributed by atoms with E-state index in [4.69, 9.17) is 0 Å². The zero-order valence-electron chi connectivity index (χ0n) is 6.50. The molecule has 12 heavy (non-hydrogen) atoms. The van der Waals surface area contributed by atoms with Crippen molar-refractivity contribution in [1.82, 2.24) is 5.32 Å². The van der Waals surface area contributed by atoms with Crippen LogP contribution in [-0.2, 0) is 6.54 Å². The zero-order valence-corrected chi connectivity index (χ0v) is 8.65. The van der Waals surface area contributed by atoms with E-state index < -0.39 is 11.6 Å². The van der Waals surface area contributed by atoms with E-state index in [-0.39, 0.29) is 12.1 Å². The molecule has 0 radical (unpaired) electrons. The van der Waals surface area contributed by atoms with Crippen LogP contribution in [0.3, 0.4) is 0 Å². The molecular weight excluding hydrogens is 275 g/mol. The fourth-order valence-corrected chi connectivity index (χ4v) is 1.46. The molecule has 0 unspecified atom stereocenters. The second-order valence-electron chi connectivity index (χ2n) is 2.38. The number of hydrogen-bond acceptors (Lipinski definition) is 1. The number of nitrogens with one attached hydrogen (secondary N) is 1. The molecule has 4 heteroatoms. The molecule has 0 aromatic heterocycles. The molecule has 1 aromatic rings. The van der Waals surface area contributed by atoms with E-state index in [0.29, 0.717) is 3.57 Å². The van der Waals surface area contributed by atoms with Gasteiger partial charge in [0.1, 0.15) is 11.6 Å². The summed E-state index contributed by atoms with van der Waals surface area (Å²) in [5, 5.41) is 2.70. The highest BCUT2D eigenvalue weighted by Crippen LogP contribution is 2.16. The van der Waals surface area contributed by atoms with Crippen LogP contribution in [0.15, 0.2) is 12.1 Å². The van der Waals surface area contributed by atoms with Gasteiger partial charge >= 0.3 is 0 Å². The van der Waals surface area contributed by atoms with Gasteiger partial charge in [0.25, 0.3) is 0 Å². The van der Waals surface area contributed by atoms with Crippen molar-refractivity contribution in [2.24, 2.45) is 0 Å². The summed E-state index contributed by atoms with van der Waals surface area (Å²) in [7, 11) is 1.65. The lowest BCUT2D eigenvalue weighted by Gasteiger charge is -2.03. The molecule has 0 heterocycles. The average Bonchev–Trinajstić information content (AvgIpc) is 1.96. The fraction of sp³-hybridized carbons (Fsp3) is 0.250. The predicted octanol–water partition coefficient (Wildman–Crippen LogP) is 2.29. The van der Waals surface area contributed by atoms with Crippen molar-refractivity contribution in [1.29, 1.82) is 0 Å². The molecule has 0 spiro atoms. The van der Waals surface area contributed by atoms with Crippen molar-refractivity contribution in [3.05, 3.63) is 32.9 Å². The first-order chi connectivity index (χ1) is 5.65. The Morgan fingerprint density at radius 2 is 1.83 bits per heavy atom. The van der Waals surface area contributed by atoms with E-state index in [1.54, 1.807) is 7.05 Å². The predicted molar refractivity (Wildman–Crippen MR) is 51.8 cm³/mol. The Morgan fingerprint density at radius 1 is 1.33 bits per heavy atom. The van der Waals surface area contributed by atoms with Gasteiger partial charge in [-0.15, -0.1) is 0 Å². The average molecular weight is 283 g/mol. The molecule has 1 nitrogen and oxygen atoms in total. The third-order valence-electron chi connectivity index (χ3n) is 1.46. The molecule has 0 atom stereocenters. The fourth-order valence-electron chi connectivity index (χ4n) is 0.918. The van der Waals surface area contributed by atoms with Crippen molar-refractivity contribution in [2.45, 2.75) is 6.54 Å². The van der Waals surface area contributed by atoms with Gasteiger partial charge in [-0.25, -0.2) is 8.78 Å². The first-order valence-corrected chi connectivity index (χ1v) is 4.51. The molecule has 0 amide bonds. The van der Waals surface area contributed by atoms with E-state index in [9.17, 15) is 8.78 Å². The van der Waals surface area contributed by atoms with Crippen LogP contribution < -0.4 is 5.32 Å². The monoisotopic (exact) mass is 283 g/mol. The topological polar surface area (TPSA) is 12.0 Å². The van der Waals surface area contributed by atoms with Crippen molar-refractivity contribution in [3.8, 4) is 0 Å². The summed E-state index contributed by atoms with van der Waals surface area (Å²) in [5.74, 6) is -0.984. The van der Waals surface area contributed by atoms with Crippen LogP contribution >= 0.6 is 22.6 Å². The largest absolute Gasteiger partial charge is 0.315 e. The van der Waals surface area contributed by atoms with E-state index in [2.05, 4.69) is 5.32 Å². The molecular formula is C8H8F2IN. The van der Waals surface area contributed by atoms with E-state index >= 15 is 0 Å². The van der Waals surface area contributed by atoms with E-state index in [0.717, 1.165) is 0 Å². The molecule has 0 aliphatic rings. The summed E-state index contributed by atoms with van der Waals surface area (Å²) < 4.78 is 26.6. The normalized spacial score (nSPS) is 10.3. The van der Waals surface area contributed by atoms with Gasteiger partial charge in [-0.1, -0.05) is 0 Å². The summed E-state index contributed by atoms with van der Waals surface area (Å²) >= 11 is 1.88. The maximum atomic E-state index is 13.0. The molecule has 0 bridgehead atoms. The van der Waals surface area contributed by atoms with Crippen LogP contribution in [0.4, 0.5) is 8.78 Å². The molecule has 1 rings (SSSR count). The lowest BCUT2D eigenvalue weighted by Crippen LogP contribution is -2.09. The maximum absolute atomic E-state index is 13.0. The second kappa shape index (κ2) is 4.13. The molecule has 0 fully saturated rings. The van der Waals surface area contributed by atoms with Crippen molar-refractivity contribution >= 4 is 22.6 Å². The number of benzene rings is 1. The SMILES string of the molecule is CNCc1c(F)cc(I)cc1F. The van der Waals surface area contributed by atoms with Crippen molar-refractivity contribution in [2.75, 3.05) is 7.05 Å². The Bertz CT molecular complexity index is 265. The van der Waals surface area contributed by atoms with Gasteiger partial charge in [0.15, 0.2) is 0 Å². The molecule has 0 aliphatic heterocycles. The highest BCUT2D eigenvalue weighted by molar-refractivity contribution is 14.1. The van der Waals surface area contributed by atoms with Gasteiger partial charge in [-0.2, -0.15) is 0 Å². The van der Waals surface area contributed by atoms with Crippen molar-refractivity contribution < 1.29 is 8.78 Å². The molecule has 0 saturated heterocycles. The first kappa shape index (κ1) is 9.85. The molecule has 1 aromatic carbocycles. The first-order valence-electron chi connectivity index (χ1n) is 3.43. The lowest BCUT2D eigenvalue weighted by atomic mass is 10.2. The number of hydrogen-bond donors (Lipinski definition) is 1. The second-order valence-corrected chi connectivity index (χ2v) is 3.62. The minimum absolute atomic E-state index is 0.0953. The minimum Gasteiger partial charge on any atom is -0.315 e. The lowest BCUT2D eigenvalue weighted by molar-refractivity contribution is 0.544. The third kappa shape index (κ3) is 2.13. The highest BCUT2D eigenvalue weighted by Gasteiger charge is 2.08. The summed E-state index contributed by atoms with van der Waals surface area (Å²) in [6.45, 7) is 0.217. The van der Waals surface area contributed by atoms with Crippen LogP contribution in [0.2, 0.25) is 0 Å². The standard InChI is InChI=1S/C8H8F2IN/c1-12-4-6-7(9)2-5(11)3-8(6)10/h2-3,12H,4H2,1H3. The maximum Gasteiger partial charge on any atom is 0.131 e. The Morgan fingerprint density at radius 3 is 2.25 bits per heavy atom.